The normalized spacial score (nSPS) is 10.8. The van der Waals surface area contributed by atoms with Crippen molar-refractivity contribution in [2.45, 2.75) is 6.61 Å². The van der Waals surface area contributed by atoms with Crippen LogP contribution in [-0.2, 0) is 6.61 Å². The molecule has 19 heavy (non-hydrogen) atoms. The summed E-state index contributed by atoms with van der Waals surface area (Å²) >= 11 is 5.86. The third kappa shape index (κ3) is 2.51. The summed E-state index contributed by atoms with van der Waals surface area (Å²) in [5.74, 6) is 0.733. The van der Waals surface area contributed by atoms with Crippen LogP contribution in [0.15, 0.2) is 42.6 Å². The second-order valence-corrected chi connectivity index (χ2v) is 4.37. The van der Waals surface area contributed by atoms with Gasteiger partial charge in [0.1, 0.15) is 18.2 Å². The van der Waals surface area contributed by atoms with E-state index in [4.69, 9.17) is 16.3 Å². The molecule has 0 aliphatic rings. The molecule has 0 bridgehead atoms. The van der Waals surface area contributed by atoms with Crippen molar-refractivity contribution in [3.8, 4) is 5.75 Å². The van der Waals surface area contributed by atoms with Gasteiger partial charge in [0.2, 0.25) is 0 Å². The Bertz CT molecular complexity index is 729. The van der Waals surface area contributed by atoms with Crippen LogP contribution in [0.1, 0.15) is 5.82 Å². The maximum Gasteiger partial charge on any atom is 0.175 e. The molecule has 0 atom stereocenters. The van der Waals surface area contributed by atoms with Crippen molar-refractivity contribution in [1.29, 1.82) is 0 Å². The summed E-state index contributed by atoms with van der Waals surface area (Å²) in [7, 11) is 0. The number of hydrogen-bond donors (Lipinski definition) is 0. The first kappa shape index (κ1) is 11.9. The van der Waals surface area contributed by atoms with Gasteiger partial charge in [-0.1, -0.05) is 17.7 Å². The molecule has 0 amide bonds. The molecule has 0 radical (unpaired) electrons. The van der Waals surface area contributed by atoms with E-state index in [9.17, 15) is 4.39 Å². The molecule has 0 saturated heterocycles. The third-order valence-corrected chi connectivity index (χ3v) is 2.84. The Morgan fingerprint density at radius 3 is 2.95 bits per heavy atom. The van der Waals surface area contributed by atoms with Gasteiger partial charge < -0.3 is 4.74 Å². The molecule has 3 rings (SSSR count). The highest BCUT2D eigenvalue weighted by molar-refractivity contribution is 6.30. The molecule has 6 heteroatoms. The minimum absolute atomic E-state index is 0.201. The number of hydrogen-bond acceptors (Lipinski definition) is 3. The van der Waals surface area contributed by atoms with Gasteiger partial charge in [-0.2, -0.15) is 0 Å². The fourth-order valence-electron chi connectivity index (χ4n) is 1.72. The van der Waals surface area contributed by atoms with Gasteiger partial charge in [0, 0.05) is 23.4 Å². The zero-order chi connectivity index (χ0) is 13.2. The molecule has 2 aromatic heterocycles. The number of ether oxygens (including phenoxy) is 1. The summed E-state index contributed by atoms with van der Waals surface area (Å²) in [6.07, 6.45) is 1.77. The first-order valence-corrected chi connectivity index (χ1v) is 5.98. The highest BCUT2D eigenvalue weighted by Gasteiger charge is 2.06. The Morgan fingerprint density at radius 1 is 1.21 bits per heavy atom. The van der Waals surface area contributed by atoms with E-state index >= 15 is 0 Å². The van der Waals surface area contributed by atoms with E-state index in [0.717, 1.165) is 0 Å². The van der Waals surface area contributed by atoms with Crippen molar-refractivity contribution in [2.75, 3.05) is 0 Å². The standard InChI is InChI=1S/C13H9ClFN3O/c14-9-4-5-18-12(6-9)16-17-13(18)8-19-11-3-1-2-10(15)7-11/h1-7H,8H2. The van der Waals surface area contributed by atoms with Gasteiger partial charge in [0.05, 0.1) is 0 Å². The Hall–Kier alpha value is -2.14. The first-order valence-electron chi connectivity index (χ1n) is 5.60. The van der Waals surface area contributed by atoms with Crippen LogP contribution in [-0.4, -0.2) is 14.6 Å². The summed E-state index contributed by atoms with van der Waals surface area (Å²) in [5.41, 5.74) is 0.644. The Labute approximate surface area is 113 Å². The summed E-state index contributed by atoms with van der Waals surface area (Å²) in [4.78, 5) is 0. The molecule has 0 aliphatic heterocycles. The van der Waals surface area contributed by atoms with Crippen LogP contribution in [0, 0.1) is 5.82 Å². The average molecular weight is 278 g/mol. The first-order chi connectivity index (χ1) is 9.22. The van der Waals surface area contributed by atoms with Crippen molar-refractivity contribution in [2.24, 2.45) is 0 Å². The number of aromatic nitrogens is 3. The topological polar surface area (TPSA) is 39.4 Å². The van der Waals surface area contributed by atoms with Gasteiger partial charge in [-0.25, -0.2) is 4.39 Å². The van der Waals surface area contributed by atoms with E-state index in [2.05, 4.69) is 10.2 Å². The van der Waals surface area contributed by atoms with Crippen molar-refractivity contribution < 1.29 is 9.13 Å². The molecule has 3 aromatic rings. The molecule has 0 unspecified atom stereocenters. The molecule has 96 valence electrons. The average Bonchev–Trinajstić information content (AvgIpc) is 2.78. The fourth-order valence-corrected chi connectivity index (χ4v) is 1.87. The largest absolute Gasteiger partial charge is 0.485 e. The van der Waals surface area contributed by atoms with E-state index in [-0.39, 0.29) is 12.4 Å². The van der Waals surface area contributed by atoms with Gasteiger partial charge >= 0.3 is 0 Å². The predicted molar refractivity (Wildman–Crippen MR) is 68.7 cm³/mol. The van der Waals surface area contributed by atoms with E-state index in [1.807, 2.05) is 0 Å². The van der Waals surface area contributed by atoms with Crippen LogP contribution < -0.4 is 4.74 Å². The lowest BCUT2D eigenvalue weighted by atomic mass is 10.3. The third-order valence-electron chi connectivity index (χ3n) is 2.61. The van der Waals surface area contributed by atoms with E-state index in [1.165, 1.54) is 12.1 Å². The number of halogens is 2. The second-order valence-electron chi connectivity index (χ2n) is 3.94. The molecular formula is C13H9ClFN3O. The van der Waals surface area contributed by atoms with E-state index in [1.54, 1.807) is 34.9 Å². The Morgan fingerprint density at radius 2 is 2.11 bits per heavy atom. The zero-order valence-corrected chi connectivity index (χ0v) is 10.5. The molecule has 0 aliphatic carbocycles. The number of rotatable bonds is 3. The second kappa shape index (κ2) is 4.85. The zero-order valence-electron chi connectivity index (χ0n) is 9.75. The molecule has 2 heterocycles. The van der Waals surface area contributed by atoms with Gasteiger partial charge in [-0.05, 0) is 18.2 Å². The van der Waals surface area contributed by atoms with Crippen molar-refractivity contribution in [3.05, 3.63) is 59.3 Å². The molecule has 4 nitrogen and oxygen atoms in total. The molecule has 0 saturated carbocycles. The SMILES string of the molecule is Fc1cccc(OCc2nnc3cc(Cl)ccn23)c1. The molecule has 0 N–H and O–H groups in total. The minimum Gasteiger partial charge on any atom is -0.485 e. The highest BCUT2D eigenvalue weighted by Crippen LogP contribution is 2.15. The highest BCUT2D eigenvalue weighted by atomic mass is 35.5. The molecule has 0 fully saturated rings. The van der Waals surface area contributed by atoms with Gasteiger partial charge in [0.25, 0.3) is 0 Å². The van der Waals surface area contributed by atoms with Crippen LogP contribution in [0.4, 0.5) is 4.39 Å². The fraction of sp³-hybridized carbons (Fsp3) is 0.0769. The lowest BCUT2D eigenvalue weighted by molar-refractivity contribution is 0.293. The quantitative estimate of drug-likeness (QED) is 0.738. The van der Waals surface area contributed by atoms with Crippen LogP contribution in [0.5, 0.6) is 5.75 Å². The van der Waals surface area contributed by atoms with Crippen molar-refractivity contribution in [1.82, 2.24) is 14.6 Å². The van der Waals surface area contributed by atoms with Crippen LogP contribution in [0.3, 0.4) is 0 Å². The lowest BCUT2D eigenvalue weighted by Gasteiger charge is -2.04. The summed E-state index contributed by atoms with van der Waals surface area (Å²) in [6, 6.07) is 9.40. The lowest BCUT2D eigenvalue weighted by Crippen LogP contribution is -2.01. The van der Waals surface area contributed by atoms with E-state index in [0.29, 0.717) is 22.2 Å². The smallest absolute Gasteiger partial charge is 0.175 e. The van der Waals surface area contributed by atoms with Gasteiger partial charge in [-0.3, -0.25) is 4.40 Å². The number of pyridine rings is 1. The number of nitrogens with zero attached hydrogens (tertiary/aromatic N) is 3. The summed E-state index contributed by atoms with van der Waals surface area (Å²) < 4.78 is 20.2. The van der Waals surface area contributed by atoms with Crippen molar-refractivity contribution in [3.63, 3.8) is 0 Å². The van der Waals surface area contributed by atoms with Crippen LogP contribution in [0.25, 0.3) is 5.65 Å². The number of fused-ring (bicyclic) bond motifs is 1. The number of benzene rings is 1. The maximum absolute atomic E-state index is 13.0. The summed E-state index contributed by atoms with van der Waals surface area (Å²) in [5, 5.41) is 8.59. The molecule has 1 aromatic carbocycles. The van der Waals surface area contributed by atoms with Crippen molar-refractivity contribution >= 4 is 17.2 Å². The maximum atomic E-state index is 13.0. The monoisotopic (exact) mass is 277 g/mol. The predicted octanol–water partition coefficient (Wildman–Crippen LogP) is 3.10. The van der Waals surface area contributed by atoms with Crippen LogP contribution >= 0.6 is 11.6 Å². The van der Waals surface area contributed by atoms with E-state index < -0.39 is 0 Å². The minimum atomic E-state index is -0.338. The Balaban J connectivity index is 1.82. The molecule has 0 spiro atoms. The Kier molecular flexibility index (Phi) is 3.05. The van der Waals surface area contributed by atoms with Crippen LogP contribution in [0.2, 0.25) is 5.02 Å². The summed E-state index contributed by atoms with van der Waals surface area (Å²) in [6.45, 7) is 0.201. The van der Waals surface area contributed by atoms with Gasteiger partial charge in [-0.15, -0.1) is 10.2 Å². The van der Waals surface area contributed by atoms with Gasteiger partial charge in [0.15, 0.2) is 11.5 Å². The molecular weight excluding hydrogens is 269 g/mol.